The number of carbonyl (C=O) groups is 1. The fourth-order valence-corrected chi connectivity index (χ4v) is 3.04. The van der Waals surface area contributed by atoms with E-state index in [9.17, 15) is 4.79 Å². The Kier molecular flexibility index (Phi) is 5.10. The maximum Gasteiger partial charge on any atom is 0.230 e. The predicted molar refractivity (Wildman–Crippen MR) is 108 cm³/mol. The Morgan fingerprint density at radius 2 is 1.76 bits per heavy atom. The first-order valence-corrected chi connectivity index (χ1v) is 8.58. The molecule has 25 heavy (non-hydrogen) atoms. The zero-order chi connectivity index (χ0) is 17.8. The van der Waals surface area contributed by atoms with Crippen LogP contribution in [0.1, 0.15) is 16.7 Å². The molecule has 3 aromatic carbocycles. The fourth-order valence-electron chi connectivity index (χ4n) is 2.81. The van der Waals surface area contributed by atoms with Gasteiger partial charge in [0.15, 0.2) is 5.11 Å². The van der Waals surface area contributed by atoms with Crippen molar-refractivity contribution in [1.29, 1.82) is 0 Å². The Morgan fingerprint density at radius 3 is 2.60 bits per heavy atom. The van der Waals surface area contributed by atoms with Crippen LogP contribution in [0.25, 0.3) is 10.8 Å². The first kappa shape index (κ1) is 17.1. The smallest absolute Gasteiger partial charge is 0.230 e. The number of rotatable bonds is 3. The minimum Gasteiger partial charge on any atom is -0.332 e. The van der Waals surface area contributed by atoms with Crippen molar-refractivity contribution in [3.8, 4) is 0 Å². The van der Waals surface area contributed by atoms with Crippen molar-refractivity contribution >= 4 is 39.7 Å². The number of hydrogen-bond donors (Lipinski definition) is 2. The van der Waals surface area contributed by atoms with Crippen molar-refractivity contribution in [2.45, 2.75) is 20.3 Å². The van der Waals surface area contributed by atoms with Crippen LogP contribution in [-0.2, 0) is 11.2 Å². The van der Waals surface area contributed by atoms with E-state index in [1.165, 1.54) is 0 Å². The van der Waals surface area contributed by atoms with Gasteiger partial charge in [-0.3, -0.25) is 4.79 Å². The molecule has 0 aliphatic heterocycles. The summed E-state index contributed by atoms with van der Waals surface area (Å²) in [6.07, 6.45) is 0.288. The molecule has 0 radical (unpaired) electrons. The highest BCUT2D eigenvalue weighted by Crippen LogP contribution is 2.19. The lowest BCUT2D eigenvalue weighted by Gasteiger charge is -2.13. The summed E-state index contributed by atoms with van der Waals surface area (Å²) in [5.41, 5.74) is 4.12. The maximum atomic E-state index is 12.4. The first-order chi connectivity index (χ1) is 12.0. The molecule has 0 spiro atoms. The summed E-state index contributed by atoms with van der Waals surface area (Å²) in [4.78, 5) is 12.4. The summed E-state index contributed by atoms with van der Waals surface area (Å²) in [5.74, 6) is -0.126. The Hall–Kier alpha value is -2.72. The van der Waals surface area contributed by atoms with Crippen LogP contribution in [0.2, 0.25) is 0 Å². The van der Waals surface area contributed by atoms with Crippen LogP contribution >= 0.6 is 12.2 Å². The molecule has 0 saturated carbocycles. The number of amides is 1. The molecule has 3 nitrogen and oxygen atoms in total. The Bertz CT molecular complexity index is 944. The van der Waals surface area contributed by atoms with E-state index in [4.69, 9.17) is 12.2 Å². The molecule has 0 saturated heterocycles. The van der Waals surface area contributed by atoms with E-state index < -0.39 is 0 Å². The number of fused-ring (bicyclic) bond motifs is 1. The Balaban J connectivity index is 1.67. The molecule has 2 N–H and O–H groups in total. The summed E-state index contributed by atoms with van der Waals surface area (Å²) in [6, 6.07) is 20.1. The number of carbonyl (C=O) groups excluding carboxylic acids is 1. The summed E-state index contributed by atoms with van der Waals surface area (Å²) in [5, 5.41) is 8.41. The average molecular weight is 348 g/mol. The number of aryl methyl sites for hydroxylation is 2. The van der Waals surface area contributed by atoms with Gasteiger partial charge in [0.05, 0.1) is 6.42 Å². The first-order valence-electron chi connectivity index (χ1n) is 8.17. The van der Waals surface area contributed by atoms with Crippen molar-refractivity contribution in [3.63, 3.8) is 0 Å². The molecule has 0 unspecified atom stereocenters. The topological polar surface area (TPSA) is 41.1 Å². The van der Waals surface area contributed by atoms with Crippen LogP contribution in [0.3, 0.4) is 0 Å². The molecule has 126 valence electrons. The van der Waals surface area contributed by atoms with Gasteiger partial charge in [0.2, 0.25) is 5.91 Å². The highest BCUT2D eigenvalue weighted by atomic mass is 32.1. The Morgan fingerprint density at radius 1 is 1.00 bits per heavy atom. The van der Waals surface area contributed by atoms with Gasteiger partial charge in [-0.25, -0.2) is 0 Å². The molecule has 1 amide bonds. The van der Waals surface area contributed by atoms with Gasteiger partial charge in [0.25, 0.3) is 0 Å². The minimum atomic E-state index is -0.126. The second-order valence-electron chi connectivity index (χ2n) is 6.14. The van der Waals surface area contributed by atoms with E-state index in [0.29, 0.717) is 5.11 Å². The van der Waals surface area contributed by atoms with Crippen molar-refractivity contribution in [2.24, 2.45) is 0 Å². The number of anilines is 1. The van der Waals surface area contributed by atoms with Crippen LogP contribution in [0.15, 0.2) is 60.7 Å². The molecular weight excluding hydrogens is 328 g/mol. The maximum absolute atomic E-state index is 12.4. The van der Waals surface area contributed by atoms with E-state index >= 15 is 0 Å². The largest absolute Gasteiger partial charge is 0.332 e. The number of hydrogen-bond acceptors (Lipinski definition) is 2. The minimum absolute atomic E-state index is 0.126. The third-order valence-electron chi connectivity index (χ3n) is 4.13. The standard InChI is InChI=1S/C21H20N2OS/c1-14-10-11-15(2)19(12-14)22-21(25)23-20(24)13-17-8-5-7-16-6-3-4-9-18(16)17/h3-12H,13H2,1-2H3,(H2,22,23,24,25). The zero-order valence-electron chi connectivity index (χ0n) is 14.3. The molecule has 0 atom stereocenters. The molecule has 0 aliphatic rings. The van der Waals surface area contributed by atoms with Crippen LogP contribution in [0, 0.1) is 13.8 Å². The summed E-state index contributed by atoms with van der Waals surface area (Å²) >= 11 is 5.28. The molecule has 0 aliphatic carbocycles. The summed E-state index contributed by atoms with van der Waals surface area (Å²) in [6.45, 7) is 4.02. The highest BCUT2D eigenvalue weighted by molar-refractivity contribution is 7.80. The zero-order valence-corrected chi connectivity index (χ0v) is 15.1. The molecule has 3 rings (SSSR count). The second-order valence-corrected chi connectivity index (χ2v) is 6.54. The fraction of sp³-hybridized carbons (Fsp3) is 0.143. The molecular formula is C21H20N2OS. The van der Waals surface area contributed by atoms with Crippen LogP contribution in [0.5, 0.6) is 0 Å². The van der Waals surface area contributed by atoms with Crippen LogP contribution < -0.4 is 10.6 Å². The predicted octanol–water partition coefficient (Wildman–Crippen LogP) is 4.51. The SMILES string of the molecule is Cc1ccc(C)c(NC(=S)NC(=O)Cc2cccc3ccccc23)c1. The molecule has 3 aromatic rings. The molecule has 0 heterocycles. The third kappa shape index (κ3) is 4.22. The average Bonchev–Trinajstić information content (AvgIpc) is 2.58. The van der Waals surface area contributed by atoms with Gasteiger partial charge in [-0.05, 0) is 59.6 Å². The molecule has 0 bridgehead atoms. The van der Waals surface area contributed by atoms with Crippen LogP contribution in [0.4, 0.5) is 5.69 Å². The van der Waals surface area contributed by atoms with Gasteiger partial charge < -0.3 is 10.6 Å². The quantitative estimate of drug-likeness (QED) is 0.684. The molecule has 0 fully saturated rings. The van der Waals surface area contributed by atoms with E-state index in [1.54, 1.807) is 0 Å². The Labute approximate surface area is 153 Å². The number of thiocarbonyl (C=S) groups is 1. The van der Waals surface area contributed by atoms with Gasteiger partial charge in [0, 0.05) is 5.69 Å². The van der Waals surface area contributed by atoms with Gasteiger partial charge in [0.1, 0.15) is 0 Å². The van der Waals surface area contributed by atoms with Gasteiger partial charge in [-0.2, -0.15) is 0 Å². The molecule has 4 heteroatoms. The van der Waals surface area contributed by atoms with Gasteiger partial charge in [-0.1, -0.05) is 54.6 Å². The van der Waals surface area contributed by atoms with Crippen molar-refractivity contribution in [2.75, 3.05) is 5.32 Å². The van der Waals surface area contributed by atoms with Gasteiger partial charge in [-0.15, -0.1) is 0 Å². The normalized spacial score (nSPS) is 10.5. The lowest BCUT2D eigenvalue weighted by atomic mass is 10.0. The van der Waals surface area contributed by atoms with Crippen molar-refractivity contribution < 1.29 is 4.79 Å². The van der Waals surface area contributed by atoms with Crippen molar-refractivity contribution in [3.05, 3.63) is 77.4 Å². The van der Waals surface area contributed by atoms with Crippen LogP contribution in [-0.4, -0.2) is 11.0 Å². The summed E-state index contributed by atoms with van der Waals surface area (Å²) < 4.78 is 0. The van der Waals surface area contributed by atoms with E-state index in [1.807, 2.05) is 74.5 Å². The molecule has 0 aromatic heterocycles. The summed E-state index contributed by atoms with van der Waals surface area (Å²) in [7, 11) is 0. The van der Waals surface area contributed by atoms with E-state index in [2.05, 4.69) is 10.6 Å². The third-order valence-corrected chi connectivity index (χ3v) is 4.33. The lowest BCUT2D eigenvalue weighted by Crippen LogP contribution is -2.35. The van der Waals surface area contributed by atoms with E-state index in [-0.39, 0.29) is 12.3 Å². The number of benzene rings is 3. The lowest BCUT2D eigenvalue weighted by molar-refractivity contribution is -0.119. The highest BCUT2D eigenvalue weighted by Gasteiger charge is 2.09. The monoisotopic (exact) mass is 348 g/mol. The van der Waals surface area contributed by atoms with Gasteiger partial charge >= 0.3 is 0 Å². The number of nitrogens with one attached hydrogen (secondary N) is 2. The second kappa shape index (κ2) is 7.45. The van der Waals surface area contributed by atoms with Crippen molar-refractivity contribution in [1.82, 2.24) is 5.32 Å². The van der Waals surface area contributed by atoms with E-state index in [0.717, 1.165) is 33.2 Å².